The molecular weight excluding hydrogens is 156 g/mol. The van der Waals surface area contributed by atoms with Crippen LogP contribution < -0.4 is 19.9 Å². The molecule has 5 heteroatoms. The van der Waals surface area contributed by atoms with Crippen LogP contribution in [0.1, 0.15) is 13.8 Å². The van der Waals surface area contributed by atoms with Crippen molar-refractivity contribution in [1.82, 2.24) is 19.9 Å². The first-order valence-electron chi connectivity index (χ1n) is 4.12. The average Bonchev–Trinajstić information content (AvgIpc) is 2.04. The minimum absolute atomic E-state index is 0.973. The quantitative estimate of drug-likeness (QED) is 0.395. The second-order valence-electron chi connectivity index (χ2n) is 2.31. The second-order valence-corrected chi connectivity index (χ2v) is 5.52. The molecule has 4 N–H and O–H groups in total. The Labute approximate surface area is 70.5 Å². The van der Waals surface area contributed by atoms with E-state index in [0.29, 0.717) is 0 Å². The molecule has 68 valence electrons. The van der Waals surface area contributed by atoms with Crippen LogP contribution in [0.5, 0.6) is 0 Å². The first-order valence-corrected chi connectivity index (χ1v) is 6.12. The van der Waals surface area contributed by atoms with Crippen molar-refractivity contribution in [1.29, 1.82) is 0 Å². The third-order valence-corrected chi connectivity index (χ3v) is 4.90. The highest BCUT2D eigenvalue weighted by molar-refractivity contribution is 6.69. The van der Waals surface area contributed by atoms with E-state index >= 15 is 0 Å². The van der Waals surface area contributed by atoms with E-state index in [1.807, 2.05) is 14.1 Å². The summed E-state index contributed by atoms with van der Waals surface area (Å²) in [5.74, 6) is 0. The van der Waals surface area contributed by atoms with Gasteiger partial charge in [-0.2, -0.15) is 0 Å². The molecule has 0 atom stereocenters. The van der Waals surface area contributed by atoms with Crippen LogP contribution in [0.25, 0.3) is 0 Å². The zero-order chi connectivity index (χ0) is 8.74. The van der Waals surface area contributed by atoms with Gasteiger partial charge in [0.2, 0.25) is 0 Å². The maximum absolute atomic E-state index is 3.40. The van der Waals surface area contributed by atoms with E-state index in [2.05, 4.69) is 33.8 Å². The summed E-state index contributed by atoms with van der Waals surface area (Å²) in [6, 6.07) is 0. The van der Waals surface area contributed by atoms with Crippen LogP contribution >= 0.6 is 0 Å². The predicted molar refractivity (Wildman–Crippen MR) is 51.2 cm³/mol. The van der Waals surface area contributed by atoms with Crippen LogP contribution in [-0.2, 0) is 0 Å². The summed E-state index contributed by atoms with van der Waals surface area (Å²) in [5, 5.41) is 0. The SMILES string of the molecule is CCN[Si](NC)(NC)NCC. The van der Waals surface area contributed by atoms with E-state index in [-0.39, 0.29) is 0 Å². The van der Waals surface area contributed by atoms with Crippen LogP contribution in [0, 0.1) is 0 Å². The van der Waals surface area contributed by atoms with E-state index in [1.54, 1.807) is 0 Å². The fourth-order valence-corrected chi connectivity index (χ4v) is 3.21. The Kier molecular flexibility index (Phi) is 5.70. The van der Waals surface area contributed by atoms with Crippen molar-refractivity contribution in [2.24, 2.45) is 0 Å². The molecule has 0 saturated carbocycles. The fourth-order valence-electron chi connectivity index (χ4n) is 1.07. The maximum Gasteiger partial charge on any atom is 0.365 e. The number of rotatable bonds is 6. The molecule has 0 fully saturated rings. The summed E-state index contributed by atoms with van der Waals surface area (Å²) < 4.78 is 0. The number of hydrogen-bond donors (Lipinski definition) is 4. The van der Waals surface area contributed by atoms with E-state index < -0.39 is 8.72 Å². The lowest BCUT2D eigenvalue weighted by atomic mass is 10.8. The van der Waals surface area contributed by atoms with Crippen LogP contribution in [0.4, 0.5) is 0 Å². The minimum Gasteiger partial charge on any atom is -0.303 e. The summed E-state index contributed by atoms with van der Waals surface area (Å²) in [7, 11) is 2.19. The monoisotopic (exact) mass is 176 g/mol. The topological polar surface area (TPSA) is 48.1 Å². The fraction of sp³-hybridized carbons (Fsp3) is 1.00. The molecule has 0 radical (unpaired) electrons. The molecule has 0 aliphatic carbocycles. The Bertz CT molecular complexity index is 86.6. The van der Waals surface area contributed by atoms with Gasteiger partial charge in [-0.15, -0.1) is 0 Å². The molecule has 0 unspecified atom stereocenters. The van der Waals surface area contributed by atoms with Crippen molar-refractivity contribution in [2.45, 2.75) is 13.8 Å². The van der Waals surface area contributed by atoms with Gasteiger partial charge in [0.25, 0.3) is 0 Å². The lowest BCUT2D eigenvalue weighted by Crippen LogP contribution is -2.79. The molecule has 11 heavy (non-hydrogen) atoms. The largest absolute Gasteiger partial charge is 0.365 e. The van der Waals surface area contributed by atoms with Crippen molar-refractivity contribution < 1.29 is 0 Å². The van der Waals surface area contributed by atoms with Crippen LogP contribution in [-0.4, -0.2) is 35.9 Å². The van der Waals surface area contributed by atoms with Gasteiger partial charge >= 0.3 is 8.72 Å². The highest BCUT2D eigenvalue weighted by Gasteiger charge is 2.28. The zero-order valence-electron chi connectivity index (χ0n) is 7.91. The normalized spacial score (nSPS) is 12.0. The standard InChI is InChI=1S/C6H20N4Si/c1-5-9-11(7-3,8-4)10-6-2/h7-10H,5-6H2,1-4H3. The molecule has 0 aromatic rings. The minimum atomic E-state index is -1.74. The first-order chi connectivity index (χ1) is 5.24. The van der Waals surface area contributed by atoms with Crippen molar-refractivity contribution >= 4 is 8.72 Å². The third kappa shape index (κ3) is 3.30. The Morgan fingerprint density at radius 3 is 1.45 bits per heavy atom. The van der Waals surface area contributed by atoms with Crippen molar-refractivity contribution in [3.05, 3.63) is 0 Å². The highest BCUT2D eigenvalue weighted by atomic mass is 28.4. The molecule has 0 spiro atoms. The van der Waals surface area contributed by atoms with Gasteiger partial charge in [-0.3, -0.25) is 0 Å². The Morgan fingerprint density at radius 2 is 1.27 bits per heavy atom. The van der Waals surface area contributed by atoms with E-state index in [1.165, 1.54) is 0 Å². The molecular formula is C6H20N4Si. The van der Waals surface area contributed by atoms with Gasteiger partial charge in [0.15, 0.2) is 0 Å². The van der Waals surface area contributed by atoms with Gasteiger partial charge in [-0.25, -0.2) is 0 Å². The zero-order valence-corrected chi connectivity index (χ0v) is 8.91. The van der Waals surface area contributed by atoms with Crippen molar-refractivity contribution in [2.75, 3.05) is 27.2 Å². The molecule has 0 rings (SSSR count). The molecule has 0 amide bonds. The highest BCUT2D eigenvalue weighted by Crippen LogP contribution is 1.78. The summed E-state index contributed by atoms with van der Waals surface area (Å²) in [6.07, 6.45) is 0. The third-order valence-electron chi connectivity index (χ3n) is 1.63. The van der Waals surface area contributed by atoms with Gasteiger partial charge in [-0.1, -0.05) is 13.8 Å². The Hall–Kier alpha value is 0.0569. The lowest BCUT2D eigenvalue weighted by Gasteiger charge is -2.30. The van der Waals surface area contributed by atoms with Gasteiger partial charge in [0, 0.05) is 0 Å². The number of hydrogen-bond acceptors (Lipinski definition) is 4. The van der Waals surface area contributed by atoms with Gasteiger partial charge < -0.3 is 19.9 Å². The Morgan fingerprint density at radius 1 is 0.909 bits per heavy atom. The molecule has 0 aromatic heterocycles. The van der Waals surface area contributed by atoms with Gasteiger partial charge in [0.1, 0.15) is 0 Å². The second kappa shape index (κ2) is 5.67. The summed E-state index contributed by atoms with van der Waals surface area (Å²) in [4.78, 5) is 13.3. The molecule has 0 aliphatic rings. The van der Waals surface area contributed by atoms with Crippen molar-refractivity contribution in [3.8, 4) is 0 Å². The molecule has 0 bridgehead atoms. The van der Waals surface area contributed by atoms with Crippen LogP contribution in [0.15, 0.2) is 0 Å². The predicted octanol–water partition coefficient (Wildman–Crippen LogP) is -0.920. The number of nitrogens with one attached hydrogen (secondary N) is 4. The van der Waals surface area contributed by atoms with E-state index in [4.69, 9.17) is 0 Å². The van der Waals surface area contributed by atoms with Crippen LogP contribution in [0.3, 0.4) is 0 Å². The molecule has 0 aromatic carbocycles. The average molecular weight is 176 g/mol. The summed E-state index contributed by atoms with van der Waals surface area (Å²) >= 11 is 0. The van der Waals surface area contributed by atoms with Gasteiger partial charge in [0.05, 0.1) is 0 Å². The van der Waals surface area contributed by atoms with Gasteiger partial charge in [-0.05, 0) is 27.2 Å². The summed E-state index contributed by atoms with van der Waals surface area (Å²) in [6.45, 7) is 6.16. The smallest absolute Gasteiger partial charge is 0.303 e. The molecule has 0 heterocycles. The van der Waals surface area contributed by atoms with Crippen LogP contribution in [0.2, 0.25) is 0 Å². The lowest BCUT2D eigenvalue weighted by molar-refractivity contribution is 0.759. The maximum atomic E-state index is 3.40. The molecule has 4 nitrogen and oxygen atoms in total. The van der Waals surface area contributed by atoms with Crippen molar-refractivity contribution in [3.63, 3.8) is 0 Å². The first kappa shape index (κ1) is 11.1. The molecule has 0 aliphatic heterocycles. The van der Waals surface area contributed by atoms with E-state index in [0.717, 1.165) is 13.1 Å². The van der Waals surface area contributed by atoms with E-state index in [9.17, 15) is 0 Å². The summed E-state index contributed by atoms with van der Waals surface area (Å²) in [5.41, 5.74) is 0. The Balaban J connectivity index is 3.96. The molecule has 0 saturated heterocycles.